The SMILES string of the molecule is CC(N)CN1CC(C)N(C)C1=O. The highest BCUT2D eigenvalue weighted by molar-refractivity contribution is 5.76. The number of amides is 2. The minimum atomic E-state index is 0.0626. The van der Waals surface area contributed by atoms with Crippen molar-refractivity contribution >= 4 is 6.03 Å². The molecule has 1 aliphatic rings. The zero-order chi connectivity index (χ0) is 9.30. The first kappa shape index (κ1) is 9.32. The number of likely N-dealkylation sites (N-methyl/N-ethyl adjacent to an activating group) is 1. The summed E-state index contributed by atoms with van der Waals surface area (Å²) >= 11 is 0. The van der Waals surface area contributed by atoms with Gasteiger partial charge in [0.05, 0.1) is 0 Å². The number of carbonyl (C=O) groups is 1. The van der Waals surface area contributed by atoms with E-state index in [9.17, 15) is 4.79 Å². The first-order valence-electron chi connectivity index (χ1n) is 4.29. The standard InChI is InChI=1S/C8H17N3O/c1-6(9)4-11-5-7(2)10(3)8(11)12/h6-7H,4-5,9H2,1-3H3. The lowest BCUT2D eigenvalue weighted by atomic mass is 10.3. The van der Waals surface area contributed by atoms with Crippen LogP contribution < -0.4 is 5.73 Å². The van der Waals surface area contributed by atoms with Crippen LogP contribution in [0.4, 0.5) is 4.79 Å². The van der Waals surface area contributed by atoms with Gasteiger partial charge in [-0.05, 0) is 13.8 Å². The van der Waals surface area contributed by atoms with Gasteiger partial charge in [0.15, 0.2) is 0 Å². The monoisotopic (exact) mass is 171 g/mol. The van der Waals surface area contributed by atoms with Crippen molar-refractivity contribution in [3.63, 3.8) is 0 Å². The van der Waals surface area contributed by atoms with Gasteiger partial charge in [0.2, 0.25) is 0 Å². The van der Waals surface area contributed by atoms with Crippen LogP contribution in [0.1, 0.15) is 13.8 Å². The van der Waals surface area contributed by atoms with Crippen molar-refractivity contribution in [2.45, 2.75) is 25.9 Å². The summed E-state index contributed by atoms with van der Waals surface area (Å²) < 4.78 is 0. The van der Waals surface area contributed by atoms with Crippen molar-refractivity contribution in [1.82, 2.24) is 9.80 Å². The Morgan fingerprint density at radius 1 is 1.75 bits per heavy atom. The van der Waals surface area contributed by atoms with E-state index in [0.29, 0.717) is 12.6 Å². The third-order valence-corrected chi connectivity index (χ3v) is 2.23. The molecule has 12 heavy (non-hydrogen) atoms. The maximum absolute atomic E-state index is 11.4. The topological polar surface area (TPSA) is 49.6 Å². The molecule has 1 saturated heterocycles. The van der Waals surface area contributed by atoms with Gasteiger partial charge in [-0.2, -0.15) is 0 Å². The highest BCUT2D eigenvalue weighted by Crippen LogP contribution is 2.12. The lowest BCUT2D eigenvalue weighted by Gasteiger charge is -2.17. The van der Waals surface area contributed by atoms with E-state index in [4.69, 9.17) is 5.73 Å². The second kappa shape index (κ2) is 3.31. The van der Waals surface area contributed by atoms with Crippen LogP contribution in [0.2, 0.25) is 0 Å². The molecular weight excluding hydrogens is 154 g/mol. The zero-order valence-corrected chi connectivity index (χ0v) is 7.95. The van der Waals surface area contributed by atoms with Gasteiger partial charge in [0.1, 0.15) is 0 Å². The van der Waals surface area contributed by atoms with E-state index in [1.54, 1.807) is 9.80 Å². The fraction of sp³-hybridized carbons (Fsp3) is 0.875. The van der Waals surface area contributed by atoms with Crippen LogP contribution in [0.25, 0.3) is 0 Å². The summed E-state index contributed by atoms with van der Waals surface area (Å²) in [5.74, 6) is 0. The molecule has 1 rings (SSSR count). The molecule has 1 fully saturated rings. The normalized spacial score (nSPS) is 26.7. The summed E-state index contributed by atoms with van der Waals surface area (Å²) in [5, 5.41) is 0. The van der Waals surface area contributed by atoms with Crippen molar-refractivity contribution < 1.29 is 4.79 Å². The molecule has 1 heterocycles. The van der Waals surface area contributed by atoms with Gasteiger partial charge in [0.25, 0.3) is 0 Å². The number of hydrogen-bond acceptors (Lipinski definition) is 2. The Balaban J connectivity index is 2.53. The molecule has 2 unspecified atom stereocenters. The van der Waals surface area contributed by atoms with Gasteiger partial charge in [-0.1, -0.05) is 0 Å². The Morgan fingerprint density at radius 2 is 2.33 bits per heavy atom. The quantitative estimate of drug-likeness (QED) is 0.640. The third-order valence-electron chi connectivity index (χ3n) is 2.23. The number of nitrogens with two attached hydrogens (primary N) is 1. The molecule has 1 aliphatic heterocycles. The zero-order valence-electron chi connectivity index (χ0n) is 7.95. The summed E-state index contributed by atoms with van der Waals surface area (Å²) in [5.41, 5.74) is 5.61. The van der Waals surface area contributed by atoms with Crippen molar-refractivity contribution in [2.24, 2.45) is 5.73 Å². The first-order chi connectivity index (χ1) is 5.52. The largest absolute Gasteiger partial charge is 0.326 e. The minimum absolute atomic E-state index is 0.0626. The molecule has 0 aliphatic carbocycles. The smallest absolute Gasteiger partial charge is 0.320 e. The summed E-state index contributed by atoms with van der Waals surface area (Å²) in [7, 11) is 1.83. The fourth-order valence-electron chi connectivity index (χ4n) is 1.43. The van der Waals surface area contributed by atoms with E-state index in [-0.39, 0.29) is 12.1 Å². The van der Waals surface area contributed by atoms with Gasteiger partial charge in [-0.15, -0.1) is 0 Å². The number of urea groups is 1. The average Bonchev–Trinajstić information content (AvgIpc) is 2.17. The van der Waals surface area contributed by atoms with Gasteiger partial charge < -0.3 is 15.5 Å². The molecule has 0 spiro atoms. The summed E-state index contributed by atoms with van der Waals surface area (Å²) in [6.45, 7) is 5.42. The Labute approximate surface area is 73.3 Å². The summed E-state index contributed by atoms with van der Waals surface area (Å²) in [6, 6.07) is 0.476. The van der Waals surface area contributed by atoms with Crippen LogP contribution in [0, 0.1) is 0 Å². The van der Waals surface area contributed by atoms with E-state index < -0.39 is 0 Å². The Bertz CT molecular complexity index is 179. The van der Waals surface area contributed by atoms with Crippen LogP contribution in [0.5, 0.6) is 0 Å². The molecule has 0 radical (unpaired) electrons. The van der Waals surface area contributed by atoms with E-state index in [1.165, 1.54) is 0 Å². The highest BCUT2D eigenvalue weighted by Gasteiger charge is 2.31. The second-order valence-corrected chi connectivity index (χ2v) is 3.62. The molecule has 70 valence electrons. The van der Waals surface area contributed by atoms with Crippen LogP contribution >= 0.6 is 0 Å². The van der Waals surface area contributed by atoms with Crippen LogP contribution in [0.3, 0.4) is 0 Å². The molecule has 4 nitrogen and oxygen atoms in total. The van der Waals surface area contributed by atoms with Crippen molar-refractivity contribution in [3.05, 3.63) is 0 Å². The first-order valence-corrected chi connectivity index (χ1v) is 4.29. The van der Waals surface area contributed by atoms with Gasteiger partial charge in [-0.3, -0.25) is 0 Å². The van der Waals surface area contributed by atoms with Gasteiger partial charge in [0, 0.05) is 32.2 Å². The molecule has 0 saturated carbocycles. The average molecular weight is 171 g/mol. The number of nitrogens with zero attached hydrogens (tertiary/aromatic N) is 2. The lowest BCUT2D eigenvalue weighted by Crippen LogP contribution is -2.38. The molecule has 4 heteroatoms. The number of rotatable bonds is 2. The molecule has 0 bridgehead atoms. The number of carbonyl (C=O) groups excluding carboxylic acids is 1. The second-order valence-electron chi connectivity index (χ2n) is 3.62. The molecule has 2 N–H and O–H groups in total. The van der Waals surface area contributed by atoms with E-state index in [2.05, 4.69) is 0 Å². The van der Waals surface area contributed by atoms with Gasteiger partial charge in [-0.25, -0.2) is 4.79 Å². The molecule has 2 amide bonds. The highest BCUT2D eigenvalue weighted by atomic mass is 16.2. The number of hydrogen-bond donors (Lipinski definition) is 1. The van der Waals surface area contributed by atoms with Gasteiger partial charge >= 0.3 is 6.03 Å². The van der Waals surface area contributed by atoms with Crippen molar-refractivity contribution in [3.8, 4) is 0 Å². The summed E-state index contributed by atoms with van der Waals surface area (Å²) in [4.78, 5) is 15.0. The Kier molecular flexibility index (Phi) is 2.57. The predicted octanol–water partition coefficient (Wildman–Crippen LogP) is 0.0895. The van der Waals surface area contributed by atoms with Crippen molar-refractivity contribution in [2.75, 3.05) is 20.1 Å². The van der Waals surface area contributed by atoms with Crippen LogP contribution in [-0.2, 0) is 0 Å². The minimum Gasteiger partial charge on any atom is -0.326 e. The van der Waals surface area contributed by atoms with Crippen LogP contribution in [-0.4, -0.2) is 48.1 Å². The maximum atomic E-state index is 11.4. The van der Waals surface area contributed by atoms with Crippen LogP contribution in [0.15, 0.2) is 0 Å². The van der Waals surface area contributed by atoms with E-state index in [0.717, 1.165) is 6.54 Å². The fourth-order valence-corrected chi connectivity index (χ4v) is 1.43. The Morgan fingerprint density at radius 3 is 2.67 bits per heavy atom. The molecular formula is C8H17N3O. The maximum Gasteiger partial charge on any atom is 0.320 e. The lowest BCUT2D eigenvalue weighted by molar-refractivity contribution is 0.194. The van der Waals surface area contributed by atoms with Crippen molar-refractivity contribution in [1.29, 1.82) is 0 Å². The molecule has 0 aromatic carbocycles. The molecule has 0 aromatic rings. The third kappa shape index (κ3) is 1.69. The molecule has 2 atom stereocenters. The van der Waals surface area contributed by atoms with E-state index in [1.807, 2.05) is 20.9 Å². The molecule has 0 aromatic heterocycles. The predicted molar refractivity (Wildman–Crippen MR) is 47.8 cm³/mol. The van der Waals surface area contributed by atoms with E-state index >= 15 is 0 Å². The summed E-state index contributed by atoms with van der Waals surface area (Å²) in [6.07, 6.45) is 0. The Hall–Kier alpha value is -0.770.